The van der Waals surface area contributed by atoms with Crippen molar-refractivity contribution in [3.8, 4) is 17.2 Å². The van der Waals surface area contributed by atoms with Crippen LogP contribution in [0.3, 0.4) is 0 Å². The Morgan fingerprint density at radius 3 is 2.16 bits per heavy atom. The number of benzene rings is 2. The van der Waals surface area contributed by atoms with Crippen LogP contribution in [-0.4, -0.2) is 63.4 Å². The van der Waals surface area contributed by atoms with Crippen LogP contribution in [0.4, 0.5) is 15.6 Å². The first kappa shape index (κ1) is 22.0. The van der Waals surface area contributed by atoms with Crippen molar-refractivity contribution in [3.05, 3.63) is 35.4 Å². The fourth-order valence-electron chi connectivity index (χ4n) is 3.84. The summed E-state index contributed by atoms with van der Waals surface area (Å²) in [5.74, 6) is 1.48. The third kappa shape index (κ3) is 4.12. The van der Waals surface area contributed by atoms with Gasteiger partial charge in [0.1, 0.15) is 0 Å². The quantitative estimate of drug-likeness (QED) is 0.617. The van der Waals surface area contributed by atoms with Crippen molar-refractivity contribution in [2.45, 2.75) is 13.8 Å². The Bertz CT molecular complexity index is 1070. The lowest BCUT2D eigenvalue weighted by molar-refractivity contribution is 0.208. The number of urea groups is 1. The van der Waals surface area contributed by atoms with Crippen LogP contribution >= 0.6 is 11.3 Å². The molecule has 1 fully saturated rings. The number of rotatable bonds is 5. The van der Waals surface area contributed by atoms with E-state index in [0.717, 1.165) is 23.7 Å². The van der Waals surface area contributed by atoms with Crippen molar-refractivity contribution in [1.82, 2.24) is 9.88 Å². The molecule has 0 unspecified atom stereocenters. The lowest BCUT2D eigenvalue weighted by Crippen LogP contribution is -2.50. The number of hydrogen-bond donors (Lipinski definition) is 1. The highest BCUT2D eigenvalue weighted by Crippen LogP contribution is 2.40. The van der Waals surface area contributed by atoms with E-state index >= 15 is 0 Å². The highest BCUT2D eigenvalue weighted by atomic mass is 32.1. The van der Waals surface area contributed by atoms with Crippen LogP contribution in [0, 0.1) is 13.8 Å². The third-order valence-electron chi connectivity index (χ3n) is 5.68. The van der Waals surface area contributed by atoms with Crippen molar-refractivity contribution < 1.29 is 19.0 Å². The number of hydrogen-bond acceptors (Lipinski definition) is 7. The fraction of sp³-hybridized carbons (Fsp3) is 0.391. The van der Waals surface area contributed by atoms with Gasteiger partial charge in [-0.3, -0.25) is 0 Å². The summed E-state index contributed by atoms with van der Waals surface area (Å²) in [6.07, 6.45) is 0. The molecule has 1 aliphatic heterocycles. The zero-order valence-corrected chi connectivity index (χ0v) is 19.8. The number of amides is 2. The molecule has 2 aromatic carbocycles. The molecule has 0 atom stereocenters. The second-order valence-corrected chi connectivity index (χ2v) is 8.67. The van der Waals surface area contributed by atoms with Gasteiger partial charge in [-0.2, -0.15) is 0 Å². The topological polar surface area (TPSA) is 76.2 Å². The minimum Gasteiger partial charge on any atom is -0.493 e. The van der Waals surface area contributed by atoms with Crippen LogP contribution in [0.5, 0.6) is 17.2 Å². The molecule has 32 heavy (non-hydrogen) atoms. The summed E-state index contributed by atoms with van der Waals surface area (Å²) in [5.41, 5.74) is 4.10. The number of ether oxygens (including phenoxy) is 3. The minimum atomic E-state index is -0.157. The van der Waals surface area contributed by atoms with Crippen molar-refractivity contribution in [1.29, 1.82) is 0 Å². The Hall–Kier alpha value is -3.20. The van der Waals surface area contributed by atoms with Crippen molar-refractivity contribution >= 4 is 38.4 Å². The summed E-state index contributed by atoms with van der Waals surface area (Å²) in [5, 5.41) is 3.96. The molecular weight excluding hydrogens is 428 g/mol. The molecule has 2 heterocycles. The van der Waals surface area contributed by atoms with E-state index in [1.807, 2.05) is 4.90 Å². The Kier molecular flexibility index (Phi) is 6.27. The van der Waals surface area contributed by atoms with Gasteiger partial charge in [0.05, 0.1) is 37.2 Å². The Balaban J connectivity index is 1.43. The van der Waals surface area contributed by atoms with Crippen LogP contribution < -0.4 is 24.4 Å². The number of aromatic nitrogens is 1. The van der Waals surface area contributed by atoms with Crippen LogP contribution in [0.2, 0.25) is 0 Å². The van der Waals surface area contributed by atoms with Gasteiger partial charge >= 0.3 is 6.03 Å². The lowest BCUT2D eigenvalue weighted by Gasteiger charge is -2.34. The average Bonchev–Trinajstić information content (AvgIpc) is 3.28. The molecule has 0 saturated carbocycles. The highest BCUT2D eigenvalue weighted by molar-refractivity contribution is 7.22. The van der Waals surface area contributed by atoms with Crippen LogP contribution in [0.15, 0.2) is 24.3 Å². The molecule has 3 aromatic rings. The van der Waals surface area contributed by atoms with Gasteiger partial charge in [-0.1, -0.05) is 23.5 Å². The molecule has 1 saturated heterocycles. The van der Waals surface area contributed by atoms with E-state index in [2.05, 4.69) is 36.2 Å². The van der Waals surface area contributed by atoms with Gasteiger partial charge in [-0.25, -0.2) is 9.78 Å². The second kappa shape index (κ2) is 9.12. The zero-order chi connectivity index (χ0) is 22.8. The first-order valence-corrected chi connectivity index (χ1v) is 11.2. The summed E-state index contributed by atoms with van der Waals surface area (Å²) in [7, 11) is 4.65. The summed E-state index contributed by atoms with van der Waals surface area (Å²) in [4.78, 5) is 21.8. The molecule has 8 nitrogen and oxygen atoms in total. The Morgan fingerprint density at radius 1 is 0.969 bits per heavy atom. The van der Waals surface area contributed by atoms with E-state index in [9.17, 15) is 4.79 Å². The Morgan fingerprint density at radius 2 is 1.59 bits per heavy atom. The maximum Gasteiger partial charge on any atom is 0.321 e. The standard InChI is InChI=1S/C23H28N4O4S/c1-14-6-7-15(2)21-19(14)25-23(32-21)27-10-8-26(9-11-27)22(28)24-16-12-17(29-3)20(31-5)18(13-16)30-4/h6-7,12-13H,8-11H2,1-5H3,(H,24,28). The minimum absolute atomic E-state index is 0.157. The first-order chi connectivity index (χ1) is 15.4. The number of thiazole rings is 1. The number of nitrogens with one attached hydrogen (secondary N) is 1. The van der Waals surface area contributed by atoms with Crippen molar-refractivity contribution in [2.24, 2.45) is 0 Å². The third-order valence-corrected chi connectivity index (χ3v) is 6.94. The largest absolute Gasteiger partial charge is 0.493 e. The van der Waals surface area contributed by atoms with E-state index in [4.69, 9.17) is 19.2 Å². The molecule has 2 amide bonds. The van der Waals surface area contributed by atoms with Gasteiger partial charge in [0.2, 0.25) is 5.75 Å². The number of piperazine rings is 1. The fourth-order valence-corrected chi connectivity index (χ4v) is 5.00. The molecule has 1 aromatic heterocycles. The van der Waals surface area contributed by atoms with E-state index in [-0.39, 0.29) is 6.03 Å². The summed E-state index contributed by atoms with van der Waals surface area (Å²) >= 11 is 1.72. The number of methoxy groups -OCH3 is 3. The smallest absolute Gasteiger partial charge is 0.321 e. The first-order valence-electron chi connectivity index (χ1n) is 10.4. The second-order valence-electron chi connectivity index (χ2n) is 7.69. The number of aryl methyl sites for hydroxylation is 2. The molecule has 170 valence electrons. The zero-order valence-electron chi connectivity index (χ0n) is 19.0. The predicted molar refractivity (Wildman–Crippen MR) is 128 cm³/mol. The summed E-state index contributed by atoms with van der Waals surface area (Å²) < 4.78 is 17.3. The van der Waals surface area contributed by atoms with Crippen molar-refractivity contribution in [3.63, 3.8) is 0 Å². The molecule has 0 radical (unpaired) electrons. The normalized spacial score (nSPS) is 13.9. The van der Waals surface area contributed by atoms with E-state index in [1.165, 1.54) is 15.8 Å². The summed E-state index contributed by atoms with van der Waals surface area (Å²) in [6, 6.07) is 7.55. The maximum atomic E-state index is 12.9. The number of nitrogens with zero attached hydrogens (tertiary/aromatic N) is 3. The number of carbonyl (C=O) groups excluding carboxylic acids is 1. The average molecular weight is 457 g/mol. The SMILES string of the molecule is COc1cc(NC(=O)N2CCN(c3nc4c(C)ccc(C)c4s3)CC2)cc(OC)c1OC. The molecule has 1 N–H and O–H groups in total. The molecule has 4 rings (SSSR count). The van der Waals surface area contributed by atoms with E-state index < -0.39 is 0 Å². The molecule has 0 bridgehead atoms. The molecule has 9 heteroatoms. The molecule has 0 spiro atoms. The van der Waals surface area contributed by atoms with Gasteiger partial charge in [-0.05, 0) is 25.0 Å². The van der Waals surface area contributed by atoms with Gasteiger partial charge in [-0.15, -0.1) is 0 Å². The van der Waals surface area contributed by atoms with Crippen LogP contribution in [-0.2, 0) is 0 Å². The number of anilines is 2. The monoisotopic (exact) mass is 456 g/mol. The predicted octanol–water partition coefficient (Wildman–Crippen LogP) is 4.29. The van der Waals surface area contributed by atoms with Gasteiger partial charge in [0.15, 0.2) is 16.6 Å². The molecule has 1 aliphatic rings. The Labute approximate surface area is 191 Å². The molecular formula is C23H28N4O4S. The summed E-state index contributed by atoms with van der Waals surface area (Å²) in [6.45, 7) is 6.92. The number of carbonyl (C=O) groups is 1. The van der Waals surface area contributed by atoms with Gasteiger partial charge in [0, 0.05) is 38.3 Å². The van der Waals surface area contributed by atoms with E-state index in [1.54, 1.807) is 44.8 Å². The van der Waals surface area contributed by atoms with E-state index in [0.29, 0.717) is 36.0 Å². The van der Waals surface area contributed by atoms with Crippen LogP contribution in [0.1, 0.15) is 11.1 Å². The van der Waals surface area contributed by atoms with Gasteiger partial charge < -0.3 is 29.3 Å². The highest BCUT2D eigenvalue weighted by Gasteiger charge is 2.24. The number of fused-ring (bicyclic) bond motifs is 1. The molecule has 0 aliphatic carbocycles. The lowest BCUT2D eigenvalue weighted by atomic mass is 10.1. The van der Waals surface area contributed by atoms with Crippen LogP contribution in [0.25, 0.3) is 10.2 Å². The maximum absolute atomic E-state index is 12.9. The van der Waals surface area contributed by atoms with Crippen molar-refractivity contribution in [2.75, 3.05) is 57.7 Å². The van der Waals surface area contributed by atoms with Gasteiger partial charge in [0.25, 0.3) is 0 Å².